The van der Waals surface area contributed by atoms with E-state index in [0.29, 0.717) is 18.3 Å². The lowest BCUT2D eigenvalue weighted by molar-refractivity contribution is 0.332. The molecule has 0 unspecified atom stereocenters. The first kappa shape index (κ1) is 14.1. The van der Waals surface area contributed by atoms with E-state index in [1.807, 2.05) is 25.4 Å². The smallest absolute Gasteiger partial charge is 0.229 e. The van der Waals surface area contributed by atoms with Crippen LogP contribution in [0.1, 0.15) is 56.8 Å². The molecule has 19 heavy (non-hydrogen) atoms. The third kappa shape index (κ3) is 3.19. The van der Waals surface area contributed by atoms with Gasteiger partial charge in [-0.1, -0.05) is 25.9 Å². The standard InChI is InChI=1S/C13H20N4OS/c1-5-13(4,12-14-6-7-19-12)15-8-10-16-11(9(2)3)18-17-10/h6-7,9,15H,5,8H2,1-4H3/t13-/m1/s1. The Labute approximate surface area is 117 Å². The first-order chi connectivity index (χ1) is 9.05. The quantitative estimate of drug-likeness (QED) is 0.881. The highest BCUT2D eigenvalue weighted by molar-refractivity contribution is 7.09. The Kier molecular flexibility index (Phi) is 4.31. The number of rotatable bonds is 6. The van der Waals surface area contributed by atoms with Gasteiger partial charge in [-0.3, -0.25) is 5.32 Å². The van der Waals surface area contributed by atoms with Crippen molar-refractivity contribution in [3.8, 4) is 0 Å². The van der Waals surface area contributed by atoms with E-state index in [0.717, 1.165) is 11.4 Å². The molecule has 104 valence electrons. The lowest BCUT2D eigenvalue weighted by Gasteiger charge is -2.26. The zero-order valence-electron chi connectivity index (χ0n) is 11.8. The van der Waals surface area contributed by atoms with Gasteiger partial charge in [-0.05, 0) is 13.3 Å². The molecule has 0 aliphatic carbocycles. The second-order valence-corrected chi connectivity index (χ2v) is 5.97. The summed E-state index contributed by atoms with van der Waals surface area (Å²) >= 11 is 1.66. The van der Waals surface area contributed by atoms with Crippen LogP contribution in [0.5, 0.6) is 0 Å². The normalized spacial score (nSPS) is 14.8. The molecule has 2 heterocycles. The molecule has 0 fully saturated rings. The SMILES string of the molecule is CC[C@@](C)(NCc1noc(C(C)C)n1)c1nccs1. The second-order valence-electron chi connectivity index (χ2n) is 5.08. The Morgan fingerprint density at radius 3 is 2.79 bits per heavy atom. The van der Waals surface area contributed by atoms with Crippen molar-refractivity contribution in [2.24, 2.45) is 0 Å². The highest BCUT2D eigenvalue weighted by Gasteiger charge is 2.27. The molecule has 5 nitrogen and oxygen atoms in total. The van der Waals surface area contributed by atoms with E-state index in [1.54, 1.807) is 11.3 Å². The summed E-state index contributed by atoms with van der Waals surface area (Å²) < 4.78 is 5.20. The van der Waals surface area contributed by atoms with Gasteiger partial charge < -0.3 is 4.52 Å². The minimum absolute atomic E-state index is 0.146. The van der Waals surface area contributed by atoms with Crippen molar-refractivity contribution in [1.29, 1.82) is 0 Å². The van der Waals surface area contributed by atoms with Gasteiger partial charge in [0.1, 0.15) is 5.01 Å². The predicted octanol–water partition coefficient (Wildman–Crippen LogP) is 3.06. The topological polar surface area (TPSA) is 63.8 Å². The van der Waals surface area contributed by atoms with Gasteiger partial charge >= 0.3 is 0 Å². The van der Waals surface area contributed by atoms with Crippen LogP contribution < -0.4 is 5.32 Å². The van der Waals surface area contributed by atoms with Crippen molar-refractivity contribution in [3.63, 3.8) is 0 Å². The van der Waals surface area contributed by atoms with E-state index in [-0.39, 0.29) is 11.5 Å². The van der Waals surface area contributed by atoms with Crippen molar-refractivity contribution >= 4 is 11.3 Å². The van der Waals surface area contributed by atoms with Crippen LogP contribution in [-0.2, 0) is 12.1 Å². The minimum atomic E-state index is -0.146. The van der Waals surface area contributed by atoms with Gasteiger partial charge in [-0.25, -0.2) is 4.98 Å². The summed E-state index contributed by atoms with van der Waals surface area (Å²) in [5, 5.41) is 10.6. The van der Waals surface area contributed by atoms with E-state index >= 15 is 0 Å². The molecule has 0 spiro atoms. The van der Waals surface area contributed by atoms with Crippen molar-refractivity contribution in [2.45, 2.75) is 52.1 Å². The fraction of sp³-hybridized carbons (Fsp3) is 0.615. The Morgan fingerprint density at radius 1 is 1.47 bits per heavy atom. The highest BCUT2D eigenvalue weighted by Crippen LogP contribution is 2.26. The summed E-state index contributed by atoms with van der Waals surface area (Å²) in [4.78, 5) is 8.77. The first-order valence-electron chi connectivity index (χ1n) is 6.52. The van der Waals surface area contributed by atoms with Crippen LogP contribution in [0.25, 0.3) is 0 Å². The van der Waals surface area contributed by atoms with Crippen molar-refractivity contribution in [2.75, 3.05) is 0 Å². The summed E-state index contributed by atoms with van der Waals surface area (Å²) in [7, 11) is 0. The van der Waals surface area contributed by atoms with Gasteiger partial charge in [-0.15, -0.1) is 11.3 Å². The zero-order valence-corrected chi connectivity index (χ0v) is 12.6. The maximum absolute atomic E-state index is 5.20. The monoisotopic (exact) mass is 280 g/mol. The van der Waals surface area contributed by atoms with Crippen LogP contribution in [0.4, 0.5) is 0 Å². The molecule has 6 heteroatoms. The van der Waals surface area contributed by atoms with Crippen molar-refractivity contribution in [3.05, 3.63) is 28.3 Å². The Hall–Kier alpha value is -1.27. The summed E-state index contributed by atoms with van der Waals surface area (Å²) in [6.07, 6.45) is 2.79. The molecule has 2 rings (SSSR count). The molecular formula is C13H20N4OS. The summed E-state index contributed by atoms with van der Waals surface area (Å²) in [6.45, 7) is 8.95. The van der Waals surface area contributed by atoms with Gasteiger partial charge in [0.05, 0.1) is 12.1 Å². The third-order valence-electron chi connectivity index (χ3n) is 3.23. The molecule has 1 atom stereocenters. The number of nitrogens with zero attached hydrogens (tertiary/aromatic N) is 3. The van der Waals surface area contributed by atoms with Gasteiger partial charge in [0.15, 0.2) is 5.82 Å². The number of nitrogens with one attached hydrogen (secondary N) is 1. The van der Waals surface area contributed by atoms with Crippen LogP contribution in [0.3, 0.4) is 0 Å². The Balaban J connectivity index is 2.03. The van der Waals surface area contributed by atoms with Gasteiger partial charge in [0.25, 0.3) is 0 Å². The Bertz CT molecular complexity index is 508. The number of hydrogen-bond acceptors (Lipinski definition) is 6. The second kappa shape index (κ2) is 5.79. The molecule has 0 amide bonds. The van der Waals surface area contributed by atoms with E-state index in [1.165, 1.54) is 0 Å². The highest BCUT2D eigenvalue weighted by atomic mass is 32.1. The molecule has 0 bridgehead atoms. The van der Waals surface area contributed by atoms with Crippen LogP contribution in [0, 0.1) is 0 Å². The summed E-state index contributed by atoms with van der Waals surface area (Å²) in [5.74, 6) is 1.64. The molecule has 0 saturated heterocycles. The van der Waals surface area contributed by atoms with Crippen LogP contribution >= 0.6 is 11.3 Å². The fourth-order valence-corrected chi connectivity index (χ4v) is 2.54. The fourth-order valence-electron chi connectivity index (χ4n) is 1.70. The molecule has 2 aromatic rings. The lowest BCUT2D eigenvalue weighted by atomic mass is 10.00. The number of thiazole rings is 1. The molecule has 0 saturated carbocycles. The Morgan fingerprint density at radius 2 is 2.26 bits per heavy atom. The number of hydrogen-bond donors (Lipinski definition) is 1. The largest absolute Gasteiger partial charge is 0.339 e. The third-order valence-corrected chi connectivity index (χ3v) is 4.26. The van der Waals surface area contributed by atoms with E-state index in [4.69, 9.17) is 4.52 Å². The molecule has 1 N–H and O–H groups in total. The summed E-state index contributed by atoms with van der Waals surface area (Å²) in [5.41, 5.74) is -0.146. The minimum Gasteiger partial charge on any atom is -0.339 e. The number of aromatic nitrogens is 3. The van der Waals surface area contributed by atoms with Crippen LogP contribution in [0.15, 0.2) is 16.1 Å². The van der Waals surface area contributed by atoms with E-state index in [9.17, 15) is 0 Å². The van der Waals surface area contributed by atoms with E-state index < -0.39 is 0 Å². The maximum Gasteiger partial charge on any atom is 0.229 e. The van der Waals surface area contributed by atoms with Crippen LogP contribution in [-0.4, -0.2) is 15.1 Å². The average Bonchev–Trinajstić information content (AvgIpc) is 3.06. The lowest BCUT2D eigenvalue weighted by Crippen LogP contribution is -2.38. The van der Waals surface area contributed by atoms with Crippen molar-refractivity contribution < 1.29 is 4.52 Å². The average molecular weight is 280 g/mol. The maximum atomic E-state index is 5.20. The van der Waals surface area contributed by atoms with Gasteiger partial charge in [0, 0.05) is 17.5 Å². The molecule has 0 aliphatic heterocycles. The van der Waals surface area contributed by atoms with E-state index in [2.05, 4.69) is 34.3 Å². The zero-order chi connectivity index (χ0) is 13.9. The van der Waals surface area contributed by atoms with Gasteiger partial charge in [-0.2, -0.15) is 4.98 Å². The molecule has 0 radical (unpaired) electrons. The molecule has 2 aromatic heterocycles. The predicted molar refractivity (Wildman–Crippen MR) is 75.0 cm³/mol. The van der Waals surface area contributed by atoms with Crippen LogP contribution in [0.2, 0.25) is 0 Å². The molecule has 0 aromatic carbocycles. The van der Waals surface area contributed by atoms with Gasteiger partial charge in [0.2, 0.25) is 5.89 Å². The summed E-state index contributed by atoms with van der Waals surface area (Å²) in [6, 6.07) is 0. The molecular weight excluding hydrogens is 260 g/mol. The van der Waals surface area contributed by atoms with Crippen molar-refractivity contribution in [1.82, 2.24) is 20.4 Å². The molecule has 0 aliphatic rings. The first-order valence-corrected chi connectivity index (χ1v) is 7.40.